The molecule has 2 heterocycles. The van der Waals surface area contributed by atoms with Crippen molar-refractivity contribution in [1.82, 2.24) is 0 Å². The van der Waals surface area contributed by atoms with Gasteiger partial charge in [0, 0.05) is 17.7 Å². The molecule has 21 heavy (non-hydrogen) atoms. The zero-order valence-electron chi connectivity index (χ0n) is 11.7. The Bertz CT molecular complexity index is 764. The molecule has 0 radical (unpaired) electrons. The summed E-state index contributed by atoms with van der Waals surface area (Å²) in [6.45, 7) is 2.25. The molecule has 0 saturated heterocycles. The molecule has 0 spiro atoms. The van der Waals surface area contributed by atoms with E-state index in [2.05, 4.69) is 16.3 Å². The quantitative estimate of drug-likeness (QED) is 0.804. The molecule has 0 unspecified atom stereocenters. The molecule has 2 aromatic rings. The summed E-state index contributed by atoms with van der Waals surface area (Å²) in [5.41, 5.74) is 5.02. The molecule has 4 rings (SSSR count). The van der Waals surface area contributed by atoms with Gasteiger partial charge >= 0.3 is 0 Å². The third kappa shape index (κ3) is 2.00. The predicted molar refractivity (Wildman–Crippen MR) is 81.5 cm³/mol. The molecule has 0 atom stereocenters. The van der Waals surface area contributed by atoms with E-state index in [4.69, 9.17) is 9.47 Å². The summed E-state index contributed by atoms with van der Waals surface area (Å²) in [6, 6.07) is 14.1. The maximum atomic E-state index is 5.69. The molecule has 2 aromatic carbocycles. The van der Waals surface area contributed by atoms with Crippen molar-refractivity contribution in [3.8, 4) is 11.5 Å². The Kier molecular flexibility index (Phi) is 2.74. The van der Waals surface area contributed by atoms with Crippen molar-refractivity contribution in [2.45, 2.75) is 13.3 Å². The van der Waals surface area contributed by atoms with Crippen molar-refractivity contribution < 1.29 is 9.47 Å². The van der Waals surface area contributed by atoms with E-state index in [0.717, 1.165) is 40.5 Å². The second-order valence-corrected chi connectivity index (χ2v) is 5.16. The van der Waals surface area contributed by atoms with Crippen LogP contribution in [0.15, 0.2) is 52.7 Å². The van der Waals surface area contributed by atoms with Crippen LogP contribution in [-0.2, 0) is 6.42 Å². The lowest BCUT2D eigenvalue weighted by Gasteiger charge is -2.12. The minimum atomic E-state index is 0.258. The molecule has 104 valence electrons. The topological polar surface area (TPSA) is 43.2 Å². The summed E-state index contributed by atoms with van der Waals surface area (Å²) in [7, 11) is 0. The number of rotatable bonds is 1. The Balaban J connectivity index is 1.98. The van der Waals surface area contributed by atoms with Crippen LogP contribution < -0.4 is 9.47 Å². The molecule has 0 N–H and O–H groups in total. The maximum absolute atomic E-state index is 5.69. The van der Waals surface area contributed by atoms with E-state index >= 15 is 0 Å². The van der Waals surface area contributed by atoms with Gasteiger partial charge in [-0.25, -0.2) is 0 Å². The first-order valence-corrected chi connectivity index (χ1v) is 6.91. The van der Waals surface area contributed by atoms with E-state index in [-0.39, 0.29) is 6.79 Å². The third-order valence-electron chi connectivity index (χ3n) is 3.68. The van der Waals surface area contributed by atoms with Crippen LogP contribution in [0.4, 0.5) is 0 Å². The van der Waals surface area contributed by atoms with Crippen molar-refractivity contribution in [2.24, 2.45) is 10.2 Å². The van der Waals surface area contributed by atoms with Crippen molar-refractivity contribution in [3.05, 3.63) is 59.2 Å². The van der Waals surface area contributed by atoms with Gasteiger partial charge in [0.1, 0.15) is 5.71 Å². The van der Waals surface area contributed by atoms with Gasteiger partial charge in [0.15, 0.2) is 11.5 Å². The summed E-state index contributed by atoms with van der Waals surface area (Å²) in [5, 5.41) is 8.79. The fraction of sp³-hybridized carbons (Fsp3) is 0.176. The molecule has 0 aliphatic carbocycles. The zero-order valence-corrected chi connectivity index (χ0v) is 11.7. The second-order valence-electron chi connectivity index (χ2n) is 5.16. The summed E-state index contributed by atoms with van der Waals surface area (Å²) in [4.78, 5) is 0. The lowest BCUT2D eigenvalue weighted by Crippen LogP contribution is -2.08. The normalized spacial score (nSPS) is 15.9. The van der Waals surface area contributed by atoms with Crippen LogP contribution in [0.25, 0.3) is 0 Å². The SMILES string of the molecule is CC1=NN=C(c2ccccc2)c2c(ccc3c2OCO3)C1. The van der Waals surface area contributed by atoms with E-state index in [1.807, 2.05) is 43.3 Å². The smallest absolute Gasteiger partial charge is 0.231 e. The molecule has 4 heteroatoms. The van der Waals surface area contributed by atoms with Crippen LogP contribution >= 0.6 is 0 Å². The van der Waals surface area contributed by atoms with Crippen molar-refractivity contribution in [1.29, 1.82) is 0 Å². The Labute approximate surface area is 122 Å². The lowest BCUT2D eigenvalue weighted by atomic mass is 9.94. The highest BCUT2D eigenvalue weighted by Crippen LogP contribution is 2.39. The van der Waals surface area contributed by atoms with Crippen LogP contribution in [0.1, 0.15) is 23.6 Å². The molecule has 4 nitrogen and oxygen atoms in total. The highest BCUT2D eigenvalue weighted by molar-refractivity contribution is 6.17. The molecule has 0 bridgehead atoms. The largest absolute Gasteiger partial charge is 0.454 e. The molecule has 0 amide bonds. The first-order chi connectivity index (χ1) is 10.3. The zero-order chi connectivity index (χ0) is 14.2. The van der Waals surface area contributed by atoms with Gasteiger partial charge in [0.05, 0.1) is 5.56 Å². The standard InChI is InChI=1S/C17H14N2O2/c1-11-9-13-7-8-14-17(21-10-20-14)15(13)16(19-18-11)12-5-3-2-4-6-12/h2-8H,9-10H2,1H3. The van der Waals surface area contributed by atoms with Crippen LogP contribution in [0.2, 0.25) is 0 Å². The first-order valence-electron chi connectivity index (χ1n) is 6.91. The molecular formula is C17H14N2O2. The van der Waals surface area contributed by atoms with Gasteiger partial charge in [-0.05, 0) is 18.6 Å². The van der Waals surface area contributed by atoms with Crippen molar-refractivity contribution in [3.63, 3.8) is 0 Å². The third-order valence-corrected chi connectivity index (χ3v) is 3.68. The number of fused-ring (bicyclic) bond motifs is 3. The van der Waals surface area contributed by atoms with Gasteiger partial charge in [-0.2, -0.15) is 5.10 Å². The van der Waals surface area contributed by atoms with Crippen molar-refractivity contribution in [2.75, 3.05) is 6.79 Å². The summed E-state index contributed by atoms with van der Waals surface area (Å²) < 4.78 is 11.2. The van der Waals surface area contributed by atoms with Gasteiger partial charge in [0.2, 0.25) is 6.79 Å². The monoisotopic (exact) mass is 278 g/mol. The van der Waals surface area contributed by atoms with E-state index in [0.29, 0.717) is 0 Å². The molecule has 0 saturated carbocycles. The number of hydrogen-bond donors (Lipinski definition) is 0. The highest BCUT2D eigenvalue weighted by atomic mass is 16.7. The average molecular weight is 278 g/mol. The number of hydrogen-bond acceptors (Lipinski definition) is 4. The Morgan fingerprint density at radius 1 is 0.952 bits per heavy atom. The molecule has 2 aliphatic rings. The number of nitrogens with zero attached hydrogens (tertiary/aromatic N) is 2. The van der Waals surface area contributed by atoms with Gasteiger partial charge in [-0.15, -0.1) is 5.10 Å². The lowest BCUT2D eigenvalue weighted by molar-refractivity contribution is 0.174. The van der Waals surface area contributed by atoms with E-state index < -0.39 is 0 Å². The summed E-state index contributed by atoms with van der Waals surface area (Å²) in [5.74, 6) is 1.55. The fourth-order valence-electron chi connectivity index (χ4n) is 2.71. The predicted octanol–water partition coefficient (Wildman–Crippen LogP) is 3.18. The van der Waals surface area contributed by atoms with Crippen LogP contribution in [0.3, 0.4) is 0 Å². The minimum absolute atomic E-state index is 0.258. The summed E-state index contributed by atoms with van der Waals surface area (Å²) in [6.07, 6.45) is 0.770. The Morgan fingerprint density at radius 3 is 2.67 bits per heavy atom. The van der Waals surface area contributed by atoms with Crippen molar-refractivity contribution >= 4 is 11.4 Å². The Hall–Kier alpha value is -2.62. The maximum Gasteiger partial charge on any atom is 0.231 e. The van der Waals surface area contributed by atoms with Crippen LogP contribution in [0, 0.1) is 0 Å². The van der Waals surface area contributed by atoms with E-state index in [1.165, 1.54) is 5.56 Å². The van der Waals surface area contributed by atoms with Crippen LogP contribution in [-0.4, -0.2) is 18.2 Å². The summed E-state index contributed by atoms with van der Waals surface area (Å²) >= 11 is 0. The van der Waals surface area contributed by atoms with E-state index in [9.17, 15) is 0 Å². The van der Waals surface area contributed by atoms with Gasteiger partial charge < -0.3 is 9.47 Å². The molecule has 2 aliphatic heterocycles. The minimum Gasteiger partial charge on any atom is -0.454 e. The second kappa shape index (κ2) is 4.74. The van der Waals surface area contributed by atoms with Gasteiger partial charge in [-0.3, -0.25) is 0 Å². The molecule has 0 aromatic heterocycles. The Morgan fingerprint density at radius 2 is 1.81 bits per heavy atom. The number of ether oxygens (including phenoxy) is 2. The van der Waals surface area contributed by atoms with E-state index in [1.54, 1.807) is 0 Å². The average Bonchev–Trinajstić information content (AvgIpc) is 2.92. The van der Waals surface area contributed by atoms with Crippen LogP contribution in [0.5, 0.6) is 11.5 Å². The first kappa shape index (κ1) is 12.1. The fourth-order valence-corrected chi connectivity index (χ4v) is 2.71. The highest BCUT2D eigenvalue weighted by Gasteiger charge is 2.26. The molecule has 0 fully saturated rings. The van der Waals surface area contributed by atoms with Gasteiger partial charge in [-0.1, -0.05) is 36.4 Å². The number of benzene rings is 2. The molecular weight excluding hydrogens is 264 g/mol. The van der Waals surface area contributed by atoms with Gasteiger partial charge in [0.25, 0.3) is 0 Å².